The van der Waals surface area contributed by atoms with E-state index in [0.29, 0.717) is 18.7 Å². The molecule has 0 spiro atoms. The van der Waals surface area contributed by atoms with Crippen molar-refractivity contribution in [1.82, 2.24) is 14.8 Å². The molecule has 2 heterocycles. The molecule has 1 saturated heterocycles. The summed E-state index contributed by atoms with van der Waals surface area (Å²) in [6.07, 6.45) is 5.57. The van der Waals surface area contributed by atoms with Gasteiger partial charge in [-0.15, -0.1) is 0 Å². The number of rotatable bonds is 8. The second-order valence-corrected chi connectivity index (χ2v) is 9.39. The van der Waals surface area contributed by atoms with E-state index in [1.54, 1.807) is 0 Å². The van der Waals surface area contributed by atoms with Crippen LogP contribution in [0.2, 0.25) is 0 Å². The molecule has 4 rings (SSSR count). The van der Waals surface area contributed by atoms with Crippen molar-refractivity contribution in [2.45, 2.75) is 40.2 Å². The standard InChI is InChI=1S/C31H36N4O2/c1-4-35(5-2)31(37)27-12-10-25(11-13-27)30(28-8-6-7-9-29(28)33-23(3)36)26-16-20-34(21-17-26)22-24-14-18-32-19-15-24/h6-15,18-19H,4-5,16-17,20-22H2,1-3H3,(H,33,36). The summed E-state index contributed by atoms with van der Waals surface area (Å²) in [7, 11) is 0. The number of nitrogens with zero attached hydrogens (tertiary/aromatic N) is 3. The molecular formula is C31H36N4O2. The summed E-state index contributed by atoms with van der Waals surface area (Å²) in [6, 6.07) is 20.1. The van der Waals surface area contributed by atoms with Crippen LogP contribution in [-0.2, 0) is 11.3 Å². The number of para-hydroxylation sites is 1. The first-order valence-electron chi connectivity index (χ1n) is 13.1. The lowest BCUT2D eigenvalue weighted by Crippen LogP contribution is -2.30. The Morgan fingerprint density at radius 2 is 1.51 bits per heavy atom. The number of anilines is 1. The van der Waals surface area contributed by atoms with E-state index in [0.717, 1.165) is 54.9 Å². The highest BCUT2D eigenvalue weighted by atomic mass is 16.2. The minimum atomic E-state index is -0.0934. The van der Waals surface area contributed by atoms with Crippen molar-refractivity contribution in [2.24, 2.45) is 0 Å². The number of likely N-dealkylation sites (tertiary alicyclic amines) is 1. The molecule has 0 bridgehead atoms. The van der Waals surface area contributed by atoms with Gasteiger partial charge >= 0.3 is 0 Å². The summed E-state index contributed by atoms with van der Waals surface area (Å²) in [5.74, 6) is -0.0436. The number of carbonyl (C=O) groups excluding carboxylic acids is 2. The van der Waals surface area contributed by atoms with Gasteiger partial charge in [0.15, 0.2) is 0 Å². The molecule has 1 fully saturated rings. The van der Waals surface area contributed by atoms with Crippen LogP contribution < -0.4 is 5.32 Å². The third-order valence-electron chi connectivity index (χ3n) is 6.95. The van der Waals surface area contributed by atoms with Crippen LogP contribution in [0, 0.1) is 0 Å². The predicted octanol–water partition coefficient (Wildman–Crippen LogP) is 5.62. The molecule has 3 aromatic rings. The molecule has 1 aliphatic heterocycles. The molecule has 2 aromatic carbocycles. The first-order chi connectivity index (χ1) is 18.0. The number of aromatic nitrogens is 1. The molecule has 1 aliphatic rings. The lowest BCUT2D eigenvalue weighted by molar-refractivity contribution is -0.114. The van der Waals surface area contributed by atoms with Crippen molar-refractivity contribution >= 4 is 23.1 Å². The zero-order valence-corrected chi connectivity index (χ0v) is 22.0. The minimum Gasteiger partial charge on any atom is -0.339 e. The van der Waals surface area contributed by atoms with E-state index >= 15 is 0 Å². The van der Waals surface area contributed by atoms with Crippen molar-refractivity contribution < 1.29 is 9.59 Å². The molecule has 0 aliphatic carbocycles. The second-order valence-electron chi connectivity index (χ2n) is 9.39. The Bertz CT molecular complexity index is 1240. The molecule has 37 heavy (non-hydrogen) atoms. The van der Waals surface area contributed by atoms with Crippen LogP contribution in [0.5, 0.6) is 0 Å². The van der Waals surface area contributed by atoms with Gasteiger partial charge in [-0.2, -0.15) is 0 Å². The van der Waals surface area contributed by atoms with Crippen LogP contribution in [0.4, 0.5) is 5.69 Å². The first-order valence-corrected chi connectivity index (χ1v) is 13.1. The summed E-state index contributed by atoms with van der Waals surface area (Å²) in [5.41, 5.74) is 7.36. The number of benzene rings is 2. The fourth-order valence-electron chi connectivity index (χ4n) is 5.00. The molecule has 192 valence electrons. The SMILES string of the molecule is CCN(CC)C(=O)c1ccc(C(=C2CCN(Cc3ccncc3)CC2)c2ccccc2NC(C)=O)cc1. The number of hydrogen-bond donors (Lipinski definition) is 1. The Hall–Kier alpha value is -3.77. The summed E-state index contributed by atoms with van der Waals surface area (Å²) in [6.45, 7) is 9.74. The van der Waals surface area contributed by atoms with E-state index < -0.39 is 0 Å². The van der Waals surface area contributed by atoms with Crippen molar-refractivity contribution in [1.29, 1.82) is 0 Å². The van der Waals surface area contributed by atoms with Gasteiger partial charge in [0, 0.05) is 68.9 Å². The van der Waals surface area contributed by atoms with Gasteiger partial charge in [0.2, 0.25) is 5.91 Å². The molecule has 1 aromatic heterocycles. The molecule has 0 radical (unpaired) electrons. The Morgan fingerprint density at radius 3 is 2.14 bits per heavy atom. The van der Waals surface area contributed by atoms with Crippen LogP contribution in [0.1, 0.15) is 60.7 Å². The van der Waals surface area contributed by atoms with Crippen molar-refractivity contribution in [3.8, 4) is 0 Å². The third kappa shape index (κ3) is 6.52. The number of piperidine rings is 1. The summed E-state index contributed by atoms with van der Waals surface area (Å²) < 4.78 is 0. The van der Waals surface area contributed by atoms with Gasteiger partial charge in [0.05, 0.1) is 0 Å². The van der Waals surface area contributed by atoms with Crippen LogP contribution in [-0.4, -0.2) is 52.8 Å². The van der Waals surface area contributed by atoms with Gasteiger partial charge in [-0.25, -0.2) is 0 Å². The van der Waals surface area contributed by atoms with Crippen molar-refractivity contribution in [3.05, 3.63) is 101 Å². The largest absolute Gasteiger partial charge is 0.339 e. The lowest BCUT2D eigenvalue weighted by atomic mass is 9.87. The first kappa shape index (κ1) is 26.3. The predicted molar refractivity (Wildman–Crippen MR) is 149 cm³/mol. The molecular weight excluding hydrogens is 460 g/mol. The van der Waals surface area contributed by atoms with Gasteiger partial charge in [-0.1, -0.05) is 35.9 Å². The molecule has 1 N–H and O–H groups in total. The Labute approximate surface area is 220 Å². The molecule has 0 unspecified atom stereocenters. The monoisotopic (exact) mass is 496 g/mol. The molecule has 0 atom stereocenters. The Morgan fingerprint density at radius 1 is 0.892 bits per heavy atom. The average Bonchev–Trinajstić information content (AvgIpc) is 2.92. The highest BCUT2D eigenvalue weighted by Gasteiger charge is 2.22. The third-order valence-corrected chi connectivity index (χ3v) is 6.95. The number of hydrogen-bond acceptors (Lipinski definition) is 4. The lowest BCUT2D eigenvalue weighted by Gasteiger charge is -2.30. The number of pyridine rings is 1. The average molecular weight is 497 g/mol. The fourth-order valence-corrected chi connectivity index (χ4v) is 5.00. The van der Waals surface area contributed by atoms with Gasteiger partial charge in [0.25, 0.3) is 5.91 Å². The van der Waals surface area contributed by atoms with Crippen LogP contribution in [0.3, 0.4) is 0 Å². The molecule has 6 nitrogen and oxygen atoms in total. The summed E-state index contributed by atoms with van der Waals surface area (Å²) in [5, 5.41) is 3.01. The van der Waals surface area contributed by atoms with Gasteiger partial charge < -0.3 is 10.2 Å². The Kier molecular flexibility index (Phi) is 8.86. The minimum absolute atomic E-state index is 0.0498. The van der Waals surface area contributed by atoms with E-state index in [2.05, 4.69) is 33.4 Å². The maximum atomic E-state index is 12.9. The van der Waals surface area contributed by atoms with Gasteiger partial charge in [0.1, 0.15) is 0 Å². The molecule has 2 amide bonds. The highest BCUT2D eigenvalue weighted by Crippen LogP contribution is 2.36. The van der Waals surface area contributed by atoms with Crippen LogP contribution in [0.25, 0.3) is 5.57 Å². The summed E-state index contributed by atoms with van der Waals surface area (Å²) >= 11 is 0. The van der Waals surface area contributed by atoms with E-state index in [-0.39, 0.29) is 11.8 Å². The quantitative estimate of drug-likeness (QED) is 0.440. The summed E-state index contributed by atoms with van der Waals surface area (Å²) in [4.78, 5) is 33.3. The van der Waals surface area contributed by atoms with E-state index in [4.69, 9.17) is 0 Å². The fraction of sp³-hybridized carbons (Fsp3) is 0.323. The van der Waals surface area contributed by atoms with Crippen LogP contribution >= 0.6 is 0 Å². The molecule has 6 heteroatoms. The number of amides is 2. The van der Waals surface area contributed by atoms with Crippen molar-refractivity contribution in [3.63, 3.8) is 0 Å². The van der Waals surface area contributed by atoms with Crippen LogP contribution in [0.15, 0.2) is 78.6 Å². The second kappa shape index (κ2) is 12.5. The van der Waals surface area contributed by atoms with Crippen molar-refractivity contribution in [2.75, 3.05) is 31.5 Å². The zero-order chi connectivity index (χ0) is 26.2. The maximum Gasteiger partial charge on any atom is 0.253 e. The molecule has 0 saturated carbocycles. The van der Waals surface area contributed by atoms with Gasteiger partial charge in [-0.3, -0.25) is 19.5 Å². The van der Waals surface area contributed by atoms with E-state index in [1.807, 2.05) is 73.6 Å². The topological polar surface area (TPSA) is 65.5 Å². The Balaban J connectivity index is 1.68. The van der Waals surface area contributed by atoms with E-state index in [9.17, 15) is 9.59 Å². The number of nitrogens with one attached hydrogen (secondary N) is 1. The number of carbonyl (C=O) groups is 2. The highest BCUT2D eigenvalue weighted by molar-refractivity contribution is 5.97. The zero-order valence-electron chi connectivity index (χ0n) is 22.0. The normalized spacial score (nSPS) is 13.8. The smallest absolute Gasteiger partial charge is 0.253 e. The van der Waals surface area contributed by atoms with E-state index in [1.165, 1.54) is 18.1 Å². The maximum absolute atomic E-state index is 12.9. The van der Waals surface area contributed by atoms with Gasteiger partial charge in [-0.05, 0) is 73.7 Å².